The number of phosphoric ester groups is 1. The van der Waals surface area contributed by atoms with Crippen LogP contribution in [0.15, 0.2) is 0 Å². The highest BCUT2D eigenvalue weighted by Crippen LogP contribution is 2.47. The minimum atomic E-state index is -5.11. The molecule has 1 saturated carbocycles. The highest BCUT2D eigenvalue weighted by Gasteiger charge is 2.51. The molecule has 0 aromatic rings. The van der Waals surface area contributed by atoms with E-state index < -0.39 is 75.7 Å². The van der Waals surface area contributed by atoms with E-state index in [2.05, 4.69) is 13.8 Å². The topological polar surface area (TPSA) is 210 Å². The van der Waals surface area contributed by atoms with Crippen LogP contribution < -0.4 is 0 Å². The number of hydrogen-bond acceptors (Lipinski definition) is 12. The zero-order chi connectivity index (χ0) is 44.3. The Morgan fingerprint density at radius 3 is 1.10 bits per heavy atom. The van der Waals surface area contributed by atoms with E-state index in [-0.39, 0.29) is 12.8 Å². The Morgan fingerprint density at radius 2 is 0.750 bits per heavy atom. The first-order valence-corrected chi connectivity index (χ1v) is 25.8. The highest BCUT2D eigenvalue weighted by atomic mass is 31.2. The van der Waals surface area contributed by atoms with E-state index in [0.29, 0.717) is 12.8 Å². The van der Waals surface area contributed by atoms with Crippen molar-refractivity contribution >= 4 is 19.8 Å². The lowest BCUT2D eigenvalue weighted by atomic mass is 9.85. The average Bonchev–Trinajstić information content (AvgIpc) is 3.23. The van der Waals surface area contributed by atoms with Crippen LogP contribution in [0.2, 0.25) is 0 Å². The maximum atomic E-state index is 12.8. The Balaban J connectivity index is 2.31. The molecule has 6 N–H and O–H groups in total. The van der Waals surface area contributed by atoms with Crippen LogP contribution in [0.5, 0.6) is 0 Å². The number of esters is 2. The maximum absolute atomic E-state index is 12.8. The van der Waals surface area contributed by atoms with E-state index in [1.807, 2.05) is 0 Å². The molecule has 6 unspecified atom stereocenters. The van der Waals surface area contributed by atoms with E-state index in [1.165, 1.54) is 148 Å². The molecule has 0 heterocycles. The molecule has 0 spiro atoms. The van der Waals surface area contributed by atoms with Gasteiger partial charge in [-0.1, -0.05) is 200 Å². The van der Waals surface area contributed by atoms with Gasteiger partial charge in [-0.15, -0.1) is 0 Å². The lowest BCUT2D eigenvalue weighted by Crippen LogP contribution is -2.64. The van der Waals surface area contributed by atoms with Gasteiger partial charge < -0.3 is 39.9 Å². The first-order chi connectivity index (χ1) is 28.9. The second-order valence-electron chi connectivity index (χ2n) is 17.3. The molecule has 0 aliphatic heterocycles. The minimum absolute atomic E-state index is 0.105. The number of ether oxygens (including phenoxy) is 2. The summed E-state index contributed by atoms with van der Waals surface area (Å²) >= 11 is 0. The molecular formula is C46H89O13P. The average molecular weight is 881 g/mol. The predicted molar refractivity (Wildman–Crippen MR) is 235 cm³/mol. The van der Waals surface area contributed by atoms with Gasteiger partial charge in [0.2, 0.25) is 0 Å². The highest BCUT2D eigenvalue weighted by molar-refractivity contribution is 7.47. The summed E-state index contributed by atoms with van der Waals surface area (Å²) in [7, 11) is -5.11. The summed E-state index contributed by atoms with van der Waals surface area (Å²) in [6.45, 7) is 3.28. The molecule has 0 bridgehead atoms. The molecule has 1 aliphatic carbocycles. The molecule has 60 heavy (non-hydrogen) atoms. The van der Waals surface area contributed by atoms with Crippen molar-refractivity contribution in [3.8, 4) is 0 Å². The van der Waals surface area contributed by atoms with Crippen LogP contribution in [-0.4, -0.2) is 98.3 Å². The van der Waals surface area contributed by atoms with E-state index in [9.17, 15) is 44.6 Å². The molecule has 0 aromatic heterocycles. The van der Waals surface area contributed by atoms with Crippen molar-refractivity contribution in [1.82, 2.24) is 0 Å². The summed E-state index contributed by atoms with van der Waals surface area (Å²) < 4.78 is 33.5. The Morgan fingerprint density at radius 1 is 0.450 bits per heavy atom. The molecule has 0 radical (unpaired) electrons. The predicted octanol–water partition coefficient (Wildman–Crippen LogP) is 9.67. The van der Waals surface area contributed by atoms with Gasteiger partial charge >= 0.3 is 19.8 Å². The van der Waals surface area contributed by atoms with Crippen molar-refractivity contribution in [2.75, 3.05) is 13.2 Å². The molecule has 0 aromatic carbocycles. The zero-order valence-electron chi connectivity index (χ0n) is 37.8. The second-order valence-corrected chi connectivity index (χ2v) is 18.7. The first-order valence-electron chi connectivity index (χ1n) is 24.3. The first kappa shape index (κ1) is 56.9. The van der Waals surface area contributed by atoms with Crippen LogP contribution in [0.3, 0.4) is 0 Å². The van der Waals surface area contributed by atoms with Gasteiger partial charge in [-0.25, -0.2) is 4.57 Å². The second kappa shape index (κ2) is 37.2. The molecule has 14 heteroatoms. The van der Waals surface area contributed by atoms with Crippen LogP contribution in [0, 0.1) is 0 Å². The third-order valence-electron chi connectivity index (χ3n) is 11.7. The van der Waals surface area contributed by atoms with Crippen LogP contribution in [0.25, 0.3) is 0 Å². The molecule has 1 rings (SSSR count). The third-order valence-corrected chi connectivity index (χ3v) is 12.7. The van der Waals surface area contributed by atoms with Crippen molar-refractivity contribution in [3.63, 3.8) is 0 Å². The molecule has 1 fully saturated rings. The number of aliphatic hydroxyl groups is 5. The standard InChI is InChI=1S/C46H89O13P/c1-3-5-7-9-11-13-14-15-16-17-18-19-20-21-22-23-24-25-26-27-29-31-33-35-40(48)58-38(36-56-39(47)34-32-30-28-12-10-8-6-4-2)37-57-60(54,55)59-46-44(52)42(50)41(49)43(51)45(46)53/h38,41-46,49-53H,3-37H2,1-2H3,(H,54,55)/t38-,41?,42+,43?,44?,45?,46?/m1/s1. The number of unbranched alkanes of at least 4 members (excludes halogenated alkanes) is 29. The van der Waals surface area contributed by atoms with Gasteiger partial charge in [-0.3, -0.25) is 18.6 Å². The number of aliphatic hydroxyl groups excluding tert-OH is 5. The summed E-state index contributed by atoms with van der Waals surface area (Å²) in [5, 5.41) is 50.1. The van der Waals surface area contributed by atoms with Crippen molar-refractivity contribution in [2.45, 2.75) is 268 Å². The van der Waals surface area contributed by atoms with E-state index in [4.69, 9.17) is 18.5 Å². The largest absolute Gasteiger partial charge is 0.472 e. The van der Waals surface area contributed by atoms with E-state index in [1.54, 1.807) is 0 Å². The van der Waals surface area contributed by atoms with Crippen molar-refractivity contribution in [2.24, 2.45) is 0 Å². The summed E-state index contributed by atoms with van der Waals surface area (Å²) in [4.78, 5) is 35.6. The van der Waals surface area contributed by atoms with Gasteiger partial charge in [0.25, 0.3) is 0 Å². The number of phosphoric acid groups is 1. The molecule has 1 aliphatic rings. The van der Waals surface area contributed by atoms with Gasteiger partial charge in [-0.05, 0) is 12.8 Å². The van der Waals surface area contributed by atoms with Crippen LogP contribution in [0.4, 0.5) is 0 Å². The summed E-state index contributed by atoms with van der Waals surface area (Å²) in [5.41, 5.74) is 0. The summed E-state index contributed by atoms with van der Waals surface area (Å²) in [5.74, 6) is -1.09. The molecule has 0 saturated heterocycles. The number of carbonyl (C=O) groups is 2. The van der Waals surface area contributed by atoms with Crippen LogP contribution in [-0.2, 0) is 32.7 Å². The fourth-order valence-corrected chi connectivity index (χ4v) is 8.73. The molecular weight excluding hydrogens is 791 g/mol. The number of carbonyl (C=O) groups excluding carboxylic acids is 2. The minimum Gasteiger partial charge on any atom is -0.462 e. The number of hydrogen-bond donors (Lipinski definition) is 6. The van der Waals surface area contributed by atoms with Crippen LogP contribution >= 0.6 is 7.82 Å². The Kier molecular flexibility index (Phi) is 35.3. The van der Waals surface area contributed by atoms with Gasteiger partial charge in [-0.2, -0.15) is 0 Å². The third kappa shape index (κ3) is 29.3. The monoisotopic (exact) mass is 881 g/mol. The van der Waals surface area contributed by atoms with E-state index in [0.717, 1.165) is 38.5 Å². The molecule has 8 atom stereocenters. The van der Waals surface area contributed by atoms with Crippen molar-refractivity contribution in [3.05, 3.63) is 0 Å². The van der Waals surface area contributed by atoms with Gasteiger partial charge in [0, 0.05) is 12.8 Å². The van der Waals surface area contributed by atoms with Crippen LogP contribution in [0.1, 0.15) is 226 Å². The summed E-state index contributed by atoms with van der Waals surface area (Å²) in [6, 6.07) is 0. The Labute approximate surface area is 363 Å². The van der Waals surface area contributed by atoms with Gasteiger partial charge in [0.1, 0.15) is 43.2 Å². The normalized spacial score (nSPS) is 22.1. The zero-order valence-corrected chi connectivity index (χ0v) is 38.7. The SMILES string of the molecule is CCCCCCCCCCCCCCCCCCCCCCCCCC(=O)O[C@H](COC(=O)CCCCCCCCCC)COP(=O)(O)OC1C(O)C(O)C(O)[C@H](O)C1O. The fraction of sp³-hybridized carbons (Fsp3) is 0.957. The Hall–Kier alpha value is -1.15. The quantitative estimate of drug-likeness (QED) is 0.0192. The lowest BCUT2D eigenvalue weighted by molar-refractivity contribution is -0.220. The van der Waals surface area contributed by atoms with Crippen molar-refractivity contribution < 1.29 is 63.1 Å². The van der Waals surface area contributed by atoms with E-state index >= 15 is 0 Å². The molecule has 0 amide bonds. The Bertz CT molecular complexity index is 1060. The van der Waals surface area contributed by atoms with Gasteiger partial charge in [0.15, 0.2) is 6.10 Å². The lowest BCUT2D eigenvalue weighted by Gasteiger charge is -2.41. The number of rotatable bonds is 41. The maximum Gasteiger partial charge on any atom is 0.472 e. The fourth-order valence-electron chi connectivity index (χ4n) is 7.76. The summed E-state index contributed by atoms with van der Waals surface area (Å²) in [6.07, 6.45) is 24.8. The van der Waals surface area contributed by atoms with Gasteiger partial charge in [0.05, 0.1) is 6.61 Å². The molecule has 356 valence electrons. The smallest absolute Gasteiger partial charge is 0.462 e. The van der Waals surface area contributed by atoms with Crippen molar-refractivity contribution in [1.29, 1.82) is 0 Å². The molecule has 13 nitrogen and oxygen atoms in total.